The molecule has 4 bridgehead atoms. The number of hydrogen-bond donors (Lipinski definition) is 0. The molecular formula is C69H68B2. The molecule has 0 radical (unpaired) electrons. The van der Waals surface area contributed by atoms with Crippen molar-refractivity contribution in [2.45, 2.75) is 124 Å². The van der Waals surface area contributed by atoms with Crippen molar-refractivity contribution in [2.24, 2.45) is 11.8 Å². The molecule has 2 aliphatic heterocycles. The lowest BCUT2D eigenvalue weighted by Crippen LogP contribution is -2.58. The van der Waals surface area contributed by atoms with Gasteiger partial charge in [0.15, 0.2) is 0 Å². The second-order valence-corrected chi connectivity index (χ2v) is 24.1. The zero-order valence-corrected chi connectivity index (χ0v) is 43.6. The van der Waals surface area contributed by atoms with Crippen LogP contribution in [0.3, 0.4) is 0 Å². The summed E-state index contributed by atoms with van der Waals surface area (Å²) in [6.07, 6.45) is 8.08. The first-order chi connectivity index (χ1) is 34.3. The fraction of sp³-hybridized carbons (Fsp3) is 0.304. The molecule has 350 valence electrons. The maximum absolute atomic E-state index is 2.77. The van der Waals surface area contributed by atoms with Crippen molar-refractivity contribution in [2.75, 3.05) is 0 Å². The zero-order valence-electron chi connectivity index (χ0n) is 43.6. The Morgan fingerprint density at radius 1 is 0.493 bits per heavy atom. The summed E-state index contributed by atoms with van der Waals surface area (Å²) in [5.74, 6) is 2.44. The Labute approximate surface area is 425 Å². The Kier molecular flexibility index (Phi) is 10.4. The molecule has 3 atom stereocenters. The molecule has 14 rings (SSSR count). The van der Waals surface area contributed by atoms with Crippen LogP contribution in [0.15, 0.2) is 152 Å². The van der Waals surface area contributed by atoms with Crippen LogP contribution in [0.1, 0.15) is 132 Å². The lowest BCUT2D eigenvalue weighted by molar-refractivity contribution is -0.0281. The average Bonchev–Trinajstić information content (AvgIpc) is 3.69. The summed E-state index contributed by atoms with van der Waals surface area (Å²) in [5.41, 5.74) is 33.5. The summed E-state index contributed by atoms with van der Waals surface area (Å²) in [7, 11) is 0. The van der Waals surface area contributed by atoms with Crippen LogP contribution in [0, 0.1) is 53.4 Å². The Bertz CT molecular complexity index is 3360. The molecule has 4 aliphatic carbocycles. The molecule has 0 aromatic heterocycles. The minimum absolute atomic E-state index is 0.148. The highest BCUT2D eigenvalue weighted by molar-refractivity contribution is 7.00. The summed E-state index contributed by atoms with van der Waals surface area (Å²) in [6.45, 7) is 21.6. The van der Waals surface area contributed by atoms with Crippen molar-refractivity contribution in [1.82, 2.24) is 0 Å². The lowest BCUT2D eigenvalue weighted by Gasteiger charge is -2.63. The fourth-order valence-corrected chi connectivity index (χ4v) is 16.8. The molecule has 3 unspecified atom stereocenters. The van der Waals surface area contributed by atoms with E-state index in [1.807, 2.05) is 0 Å². The second-order valence-electron chi connectivity index (χ2n) is 24.1. The molecule has 8 aromatic rings. The van der Waals surface area contributed by atoms with Gasteiger partial charge >= 0.3 is 0 Å². The van der Waals surface area contributed by atoms with Crippen LogP contribution in [-0.2, 0) is 10.8 Å². The largest absolute Gasteiger partial charge is 0.243 e. The monoisotopic (exact) mass is 919 g/mol. The van der Waals surface area contributed by atoms with Gasteiger partial charge in [0.2, 0.25) is 13.4 Å². The summed E-state index contributed by atoms with van der Waals surface area (Å²) >= 11 is 0. The molecule has 2 heteroatoms. The van der Waals surface area contributed by atoms with Gasteiger partial charge < -0.3 is 0 Å². The maximum Gasteiger partial charge on any atom is 0.243 e. The number of rotatable bonds is 8. The molecule has 0 N–H and O–H groups in total. The molecule has 4 fully saturated rings. The first-order valence-corrected chi connectivity index (χ1v) is 27.2. The van der Waals surface area contributed by atoms with E-state index in [-0.39, 0.29) is 17.5 Å². The van der Waals surface area contributed by atoms with E-state index < -0.39 is 0 Å². The van der Waals surface area contributed by atoms with Crippen LogP contribution in [-0.4, -0.2) is 13.4 Å². The SMILES string of the molecule is Cc1cc(C)c(B(c2cccc(-c3cccc(-c4ccc(C56CC7CC(C5)CC(c5cc(C(C)C)c8c(c5)C(C)c5cccc9c5B8c5ccccc5-9)(C7)C6)cc4)c3)c2)c2c(C)cc(C)cc2C)c(C)c1. The molecule has 6 aliphatic rings. The van der Waals surface area contributed by atoms with Gasteiger partial charge in [-0.3, -0.25) is 0 Å². The predicted octanol–water partition coefficient (Wildman–Crippen LogP) is 13.3. The van der Waals surface area contributed by atoms with Gasteiger partial charge in [-0.2, -0.15) is 0 Å². The van der Waals surface area contributed by atoms with E-state index in [1.54, 1.807) is 38.7 Å². The van der Waals surface area contributed by atoms with Gasteiger partial charge in [0.25, 0.3) is 0 Å². The fourth-order valence-electron chi connectivity index (χ4n) is 16.8. The van der Waals surface area contributed by atoms with E-state index in [2.05, 4.69) is 214 Å². The van der Waals surface area contributed by atoms with Crippen LogP contribution in [0.5, 0.6) is 0 Å². The van der Waals surface area contributed by atoms with Crippen LogP contribution in [0.2, 0.25) is 0 Å². The van der Waals surface area contributed by atoms with Gasteiger partial charge in [-0.05, 0) is 176 Å². The van der Waals surface area contributed by atoms with Crippen LogP contribution in [0.4, 0.5) is 0 Å². The second kappa shape index (κ2) is 16.5. The van der Waals surface area contributed by atoms with E-state index in [0.29, 0.717) is 18.5 Å². The van der Waals surface area contributed by atoms with Gasteiger partial charge in [-0.15, -0.1) is 0 Å². The molecule has 2 heterocycles. The van der Waals surface area contributed by atoms with Gasteiger partial charge in [0.05, 0.1) is 0 Å². The van der Waals surface area contributed by atoms with E-state index in [9.17, 15) is 0 Å². The Hall–Kier alpha value is -6.11. The third-order valence-corrected chi connectivity index (χ3v) is 19.1. The smallest absolute Gasteiger partial charge is 0.0680 e. The van der Waals surface area contributed by atoms with Crippen LogP contribution < -0.4 is 32.8 Å². The van der Waals surface area contributed by atoms with Gasteiger partial charge in [-0.25, -0.2) is 0 Å². The molecule has 0 amide bonds. The summed E-state index contributed by atoms with van der Waals surface area (Å²) in [6, 6.07) is 60.2. The van der Waals surface area contributed by atoms with E-state index >= 15 is 0 Å². The van der Waals surface area contributed by atoms with Crippen molar-refractivity contribution in [3.05, 3.63) is 213 Å². The van der Waals surface area contributed by atoms with Gasteiger partial charge in [-0.1, -0.05) is 233 Å². The maximum atomic E-state index is 2.77. The predicted molar refractivity (Wildman–Crippen MR) is 306 cm³/mol. The van der Waals surface area contributed by atoms with Crippen LogP contribution in [0.25, 0.3) is 33.4 Å². The van der Waals surface area contributed by atoms with Crippen molar-refractivity contribution < 1.29 is 0 Å². The quantitative estimate of drug-likeness (QED) is 0.133. The van der Waals surface area contributed by atoms with Gasteiger partial charge in [0, 0.05) is 5.92 Å². The van der Waals surface area contributed by atoms with E-state index in [0.717, 1.165) is 11.8 Å². The van der Waals surface area contributed by atoms with Crippen molar-refractivity contribution >= 4 is 46.2 Å². The third kappa shape index (κ3) is 7.01. The first kappa shape index (κ1) is 44.8. The standard InChI is InChI=1S/C69H68B2/c1-41(2)61-34-56(35-62-48(9)58-20-14-21-60-59-19-10-11-22-63(59)71(66(58)60)67(61)62)69-38-49-31-50(39-69)37-68(36-49,40-69)55-25-23-51(24-26-55)52-15-12-16-53(32-52)54-17-13-18-57(33-54)70(64-44(5)27-42(3)28-45(64)6)65-46(7)29-43(4)30-47(65)8/h10-30,32-35,41,48-50H,31,36-40H2,1-9H3. The lowest BCUT2D eigenvalue weighted by atomic mass is 9.33. The van der Waals surface area contributed by atoms with E-state index in [1.165, 1.54) is 127 Å². The number of benzene rings is 8. The third-order valence-electron chi connectivity index (χ3n) is 19.1. The van der Waals surface area contributed by atoms with Gasteiger partial charge in [0.1, 0.15) is 0 Å². The Balaban J connectivity index is 0.834. The molecule has 8 aromatic carbocycles. The summed E-state index contributed by atoms with van der Waals surface area (Å²) in [4.78, 5) is 0. The molecule has 0 saturated heterocycles. The average molecular weight is 919 g/mol. The highest BCUT2D eigenvalue weighted by Gasteiger charge is 2.59. The molecule has 0 nitrogen and oxygen atoms in total. The number of aryl methyl sites for hydroxylation is 6. The normalized spacial score (nSPS) is 22.2. The minimum atomic E-state index is 0.148. The first-order valence-electron chi connectivity index (χ1n) is 27.2. The Morgan fingerprint density at radius 2 is 1.04 bits per heavy atom. The molecule has 4 saturated carbocycles. The zero-order chi connectivity index (χ0) is 48.7. The summed E-state index contributed by atoms with van der Waals surface area (Å²) < 4.78 is 0. The number of hydrogen-bond acceptors (Lipinski definition) is 0. The van der Waals surface area contributed by atoms with E-state index in [4.69, 9.17) is 0 Å². The van der Waals surface area contributed by atoms with Crippen molar-refractivity contribution in [1.29, 1.82) is 0 Å². The molecular weight excluding hydrogens is 850 g/mol. The highest BCUT2D eigenvalue weighted by Crippen LogP contribution is 2.66. The Morgan fingerprint density at radius 3 is 1.68 bits per heavy atom. The minimum Gasteiger partial charge on any atom is -0.0680 e. The molecule has 71 heavy (non-hydrogen) atoms. The topological polar surface area (TPSA) is 0 Å². The van der Waals surface area contributed by atoms with Crippen LogP contribution >= 0.6 is 0 Å². The highest BCUT2D eigenvalue weighted by atomic mass is 14.6. The molecule has 0 spiro atoms. The summed E-state index contributed by atoms with van der Waals surface area (Å²) in [5, 5.41) is 0. The number of fused-ring (bicyclic) bond motifs is 5. The van der Waals surface area contributed by atoms with Crippen molar-refractivity contribution in [3.63, 3.8) is 0 Å². The van der Waals surface area contributed by atoms with Crippen molar-refractivity contribution in [3.8, 4) is 33.4 Å².